The summed E-state index contributed by atoms with van der Waals surface area (Å²) in [6, 6.07) is 19.3. The molecule has 4 atom stereocenters. The molecule has 2 aliphatic carbocycles. The minimum atomic E-state index is -1.94. The smallest absolute Gasteiger partial charge is 0.205 e. The summed E-state index contributed by atoms with van der Waals surface area (Å²) >= 11 is 0. The summed E-state index contributed by atoms with van der Waals surface area (Å²) in [6.07, 6.45) is 6.57. The van der Waals surface area contributed by atoms with Crippen molar-refractivity contribution in [2.75, 3.05) is 13.2 Å². The Morgan fingerprint density at radius 2 is 1.08 bits per heavy atom. The van der Waals surface area contributed by atoms with E-state index in [0.29, 0.717) is 65.3 Å². The van der Waals surface area contributed by atoms with E-state index < -0.39 is 23.5 Å². The molecule has 8 heterocycles. The van der Waals surface area contributed by atoms with Crippen LogP contribution in [0.5, 0.6) is 0 Å². The normalized spacial score (nSPS) is 20.4. The molecule has 3 N–H and O–H groups in total. The van der Waals surface area contributed by atoms with E-state index in [-0.39, 0.29) is 0 Å². The van der Waals surface area contributed by atoms with Crippen LogP contribution in [0.2, 0.25) is 0 Å². The van der Waals surface area contributed by atoms with Gasteiger partial charge in [-0.2, -0.15) is 0 Å². The maximum absolute atomic E-state index is 17.6. The van der Waals surface area contributed by atoms with E-state index in [2.05, 4.69) is 31.3 Å². The molecule has 2 aliphatic heterocycles. The van der Waals surface area contributed by atoms with E-state index in [0.717, 1.165) is 124 Å². The first-order valence-corrected chi connectivity index (χ1v) is 23.4. The van der Waals surface area contributed by atoms with Gasteiger partial charge in [0.25, 0.3) is 0 Å². The molecule has 0 amide bonds. The van der Waals surface area contributed by atoms with Gasteiger partial charge in [0.1, 0.15) is 29.3 Å². The summed E-state index contributed by atoms with van der Waals surface area (Å²) < 4.78 is 40.6. The number of rotatable bonds is 10. The van der Waals surface area contributed by atoms with Gasteiger partial charge in [0.2, 0.25) is 5.67 Å². The predicted molar refractivity (Wildman–Crippen MR) is 247 cm³/mol. The number of nitrogens with zero attached hydrogens (tertiary/aromatic N) is 6. The van der Waals surface area contributed by atoms with Crippen LogP contribution in [0, 0.1) is 41.5 Å². The molecule has 4 aliphatic rings. The molecule has 4 fully saturated rings. The van der Waals surface area contributed by atoms with E-state index in [1.807, 2.05) is 90.1 Å². The van der Waals surface area contributed by atoms with Crippen LogP contribution in [0.4, 0.5) is 4.39 Å². The van der Waals surface area contributed by atoms with Crippen molar-refractivity contribution in [3.05, 3.63) is 129 Å². The number of H-pyrrole nitrogens is 2. The molecule has 12 rings (SSSR count). The first kappa shape index (κ1) is 42.5. The van der Waals surface area contributed by atoms with Gasteiger partial charge in [-0.05, 0) is 153 Å². The number of fused-ring (bicyclic) bond motifs is 2. The van der Waals surface area contributed by atoms with Crippen molar-refractivity contribution in [2.45, 2.75) is 128 Å². The van der Waals surface area contributed by atoms with Gasteiger partial charge < -0.3 is 33.6 Å². The van der Waals surface area contributed by atoms with E-state index in [1.54, 1.807) is 6.07 Å². The lowest BCUT2D eigenvalue weighted by atomic mass is 9.81. The third-order valence-corrected chi connectivity index (χ3v) is 13.9. The number of hydrogen-bond acceptors (Lipinski definition) is 11. The zero-order valence-corrected chi connectivity index (χ0v) is 38.3. The lowest BCUT2D eigenvalue weighted by Crippen LogP contribution is -2.41. The number of aliphatic hydroxyl groups is 1. The Bertz CT molecular complexity index is 2870. The van der Waals surface area contributed by atoms with Gasteiger partial charge in [-0.15, -0.1) is 0 Å². The Kier molecular flexibility index (Phi) is 10.5. The van der Waals surface area contributed by atoms with Crippen molar-refractivity contribution in [1.82, 2.24) is 40.2 Å². The second-order valence-corrected chi connectivity index (χ2v) is 18.8. The highest BCUT2D eigenvalue weighted by molar-refractivity contribution is 5.89. The highest BCUT2D eigenvalue weighted by Crippen LogP contribution is 2.49. The van der Waals surface area contributed by atoms with E-state index in [4.69, 9.17) is 33.5 Å². The molecule has 14 heteroatoms. The van der Waals surface area contributed by atoms with Gasteiger partial charge in [0.15, 0.2) is 5.60 Å². The standard InChI is InChI=1S/C26H27FN4O2.C26H28N4O3/c1-14-6-4-7-21(28-14)26(27,22-8-5-11-32-22)19-12-18(23-15(2)31-33-16(23)3)13-20-24(19)30-25(29-20)17-9-10-17;1-14-6-4-7-21(27-14)26(31,22-8-5-11-32-22)19-12-18(23-15(2)30-33-16(23)3)13-20-24(19)29-25(28-20)17-9-10-17/h4,6-7,12-13,17,22H,5,8-11H2,1-3H3,(H,29,30);4,6-7,12-13,17,22,31H,5,8-11H2,1-3H3,(H,28,29). The predicted octanol–water partition coefficient (Wildman–Crippen LogP) is 10.6. The largest absolute Gasteiger partial charge is 0.376 e. The molecule has 2 saturated heterocycles. The third kappa shape index (κ3) is 7.33. The monoisotopic (exact) mass is 890 g/mol. The Balaban J connectivity index is 0.000000146. The van der Waals surface area contributed by atoms with Crippen LogP contribution in [0.15, 0.2) is 69.7 Å². The number of alkyl halides is 1. The fourth-order valence-corrected chi connectivity index (χ4v) is 10.3. The number of aromatic amines is 2. The lowest BCUT2D eigenvalue weighted by molar-refractivity contribution is -0.0637. The zero-order valence-electron chi connectivity index (χ0n) is 38.3. The number of halogens is 1. The second kappa shape index (κ2) is 16.4. The molecule has 0 radical (unpaired) electrons. The van der Waals surface area contributed by atoms with Gasteiger partial charge in [0.05, 0.1) is 50.9 Å². The maximum atomic E-state index is 17.6. The van der Waals surface area contributed by atoms with Crippen LogP contribution in [0.1, 0.15) is 132 Å². The van der Waals surface area contributed by atoms with E-state index >= 15 is 4.39 Å². The van der Waals surface area contributed by atoms with Crippen LogP contribution in [-0.4, -0.2) is 70.7 Å². The Morgan fingerprint density at radius 3 is 1.55 bits per heavy atom. The fraction of sp³-hybridized carbons (Fsp3) is 0.423. The zero-order chi connectivity index (χ0) is 45.5. The molecule has 4 unspecified atom stereocenters. The second-order valence-electron chi connectivity index (χ2n) is 18.8. The molecular weight excluding hydrogens is 836 g/mol. The van der Waals surface area contributed by atoms with Crippen LogP contribution in [0.3, 0.4) is 0 Å². The molecule has 2 aromatic carbocycles. The lowest BCUT2D eigenvalue weighted by Gasteiger charge is -2.34. The van der Waals surface area contributed by atoms with Crippen LogP contribution >= 0.6 is 0 Å². The van der Waals surface area contributed by atoms with Crippen LogP contribution in [-0.2, 0) is 20.7 Å². The summed E-state index contributed by atoms with van der Waals surface area (Å²) in [5.74, 6) is 4.23. The number of imidazole rings is 2. The first-order valence-electron chi connectivity index (χ1n) is 23.4. The number of pyridine rings is 2. The quantitative estimate of drug-likeness (QED) is 0.119. The topological polar surface area (TPSA) is 174 Å². The summed E-state index contributed by atoms with van der Waals surface area (Å²) in [4.78, 5) is 26.3. The molecule has 0 bridgehead atoms. The van der Waals surface area contributed by atoms with E-state index in [9.17, 15) is 5.11 Å². The maximum Gasteiger partial charge on any atom is 0.205 e. The molecule has 340 valence electrons. The molecule has 8 aromatic rings. The number of benzene rings is 2. The highest BCUT2D eigenvalue weighted by atomic mass is 19.1. The summed E-state index contributed by atoms with van der Waals surface area (Å²) in [5.41, 5.74) is 8.72. The molecule has 0 spiro atoms. The molecule has 2 saturated carbocycles. The molecule has 6 aromatic heterocycles. The van der Waals surface area contributed by atoms with Crippen molar-refractivity contribution < 1.29 is 28.0 Å². The number of aromatic nitrogens is 8. The summed E-state index contributed by atoms with van der Waals surface area (Å²) in [5, 5.41) is 20.8. The minimum absolute atomic E-state index is 0.364. The first-order chi connectivity index (χ1) is 31.9. The van der Waals surface area contributed by atoms with E-state index in [1.165, 1.54) is 0 Å². The summed E-state index contributed by atoms with van der Waals surface area (Å²) in [6.45, 7) is 12.6. The number of hydrogen-bond donors (Lipinski definition) is 3. The van der Waals surface area contributed by atoms with Crippen LogP contribution in [0.25, 0.3) is 44.3 Å². The average molecular weight is 891 g/mol. The average Bonchev–Trinajstić information content (AvgIpc) is 3.83. The van der Waals surface area contributed by atoms with Gasteiger partial charge in [0, 0.05) is 58.7 Å². The Hall–Kier alpha value is -6.09. The summed E-state index contributed by atoms with van der Waals surface area (Å²) in [7, 11) is 0. The Morgan fingerprint density at radius 1 is 0.591 bits per heavy atom. The van der Waals surface area contributed by atoms with Crippen molar-refractivity contribution in [3.8, 4) is 22.3 Å². The third-order valence-electron chi connectivity index (χ3n) is 13.9. The molecule has 66 heavy (non-hydrogen) atoms. The Labute approximate surface area is 382 Å². The number of ether oxygens (including phenoxy) is 2. The molecule has 13 nitrogen and oxygen atoms in total. The van der Waals surface area contributed by atoms with Crippen molar-refractivity contribution in [1.29, 1.82) is 0 Å². The molecular formula is C52H55FN8O5. The van der Waals surface area contributed by atoms with Gasteiger partial charge >= 0.3 is 0 Å². The SMILES string of the molecule is Cc1cccc(C(F)(c2cc(-c3c(C)noc3C)cc3[nH]c(C4CC4)nc23)C2CCCO2)n1.Cc1cccc(C(O)(c2cc(-c3c(C)noc3C)cc3[nH]c(C4CC4)nc23)C2CCCO2)n1. The van der Waals surface area contributed by atoms with Crippen molar-refractivity contribution in [3.63, 3.8) is 0 Å². The van der Waals surface area contributed by atoms with Crippen LogP contribution < -0.4 is 0 Å². The fourth-order valence-electron chi connectivity index (χ4n) is 10.3. The van der Waals surface area contributed by atoms with Gasteiger partial charge in [-0.3, -0.25) is 9.97 Å². The minimum Gasteiger partial charge on any atom is -0.376 e. The van der Waals surface area contributed by atoms with Crippen molar-refractivity contribution in [2.24, 2.45) is 0 Å². The highest BCUT2D eigenvalue weighted by Gasteiger charge is 2.49. The number of aryl methyl sites for hydroxylation is 6. The van der Waals surface area contributed by atoms with Crippen molar-refractivity contribution >= 4 is 22.1 Å². The van der Waals surface area contributed by atoms with Gasteiger partial charge in [-0.25, -0.2) is 14.4 Å². The van der Waals surface area contributed by atoms with Gasteiger partial charge in [-0.1, -0.05) is 22.4 Å². The number of nitrogens with one attached hydrogen (secondary N) is 2.